The minimum Gasteiger partial charge on any atom is -0.507 e. The first kappa shape index (κ1) is 29.1. The molecule has 0 bridgehead atoms. The molecule has 1 aromatic rings. The van der Waals surface area contributed by atoms with E-state index in [9.17, 15) is 5.11 Å². The van der Waals surface area contributed by atoms with E-state index in [1.54, 1.807) is 0 Å². The van der Waals surface area contributed by atoms with Crippen molar-refractivity contribution < 1.29 is 9.84 Å². The molecule has 0 radical (unpaired) electrons. The number of rotatable bonds is 12. The second-order valence-electron chi connectivity index (χ2n) is 13.1. The zero-order chi connectivity index (χ0) is 25.8. The number of phenols is 1. The van der Waals surface area contributed by atoms with Crippen molar-refractivity contribution in [3.63, 3.8) is 0 Å². The molecule has 196 valence electrons. The van der Waals surface area contributed by atoms with Gasteiger partial charge in [-0.1, -0.05) is 93.4 Å². The Morgan fingerprint density at radius 1 is 0.765 bits per heavy atom. The quantitative estimate of drug-likeness (QED) is 0.328. The lowest BCUT2D eigenvalue weighted by molar-refractivity contribution is -0.0669. The first-order valence-corrected chi connectivity index (χ1v) is 14.2. The highest BCUT2D eigenvalue weighted by Crippen LogP contribution is 2.57. The topological polar surface area (TPSA) is 29.5 Å². The van der Waals surface area contributed by atoms with E-state index >= 15 is 0 Å². The fourth-order valence-electron chi connectivity index (χ4n) is 6.10. The smallest absolute Gasteiger partial charge is 0.127 e. The zero-order valence-electron chi connectivity index (χ0n) is 24.5. The van der Waals surface area contributed by atoms with Crippen LogP contribution in [-0.4, -0.2) is 10.7 Å². The number of fused-ring (bicyclic) bond motifs is 1. The molecule has 1 aromatic carbocycles. The summed E-state index contributed by atoms with van der Waals surface area (Å²) in [5.74, 6) is 4.30. The lowest BCUT2D eigenvalue weighted by Crippen LogP contribution is -2.53. The average Bonchev–Trinajstić information content (AvgIpc) is 2.74. The summed E-state index contributed by atoms with van der Waals surface area (Å²) in [5.41, 5.74) is 4.05. The molecule has 0 saturated carbocycles. The molecule has 4 atom stereocenters. The molecule has 0 saturated heterocycles. The molecule has 2 heteroatoms. The summed E-state index contributed by atoms with van der Waals surface area (Å²) in [5, 5.41) is 10.7. The van der Waals surface area contributed by atoms with Gasteiger partial charge in [0.05, 0.1) is 0 Å². The van der Waals surface area contributed by atoms with Gasteiger partial charge in [0.25, 0.3) is 0 Å². The minimum absolute atomic E-state index is 0.00639. The molecule has 1 aliphatic rings. The van der Waals surface area contributed by atoms with E-state index in [0.717, 1.165) is 46.6 Å². The number of hydrogen-bond donors (Lipinski definition) is 1. The second-order valence-corrected chi connectivity index (χ2v) is 13.1. The zero-order valence-corrected chi connectivity index (χ0v) is 24.5. The van der Waals surface area contributed by atoms with Gasteiger partial charge in [-0.3, -0.25) is 0 Å². The van der Waals surface area contributed by atoms with E-state index in [-0.39, 0.29) is 11.0 Å². The van der Waals surface area contributed by atoms with Gasteiger partial charge in [-0.25, -0.2) is 0 Å². The Morgan fingerprint density at radius 3 is 1.79 bits per heavy atom. The van der Waals surface area contributed by atoms with Crippen molar-refractivity contribution in [2.24, 2.45) is 23.2 Å². The third kappa shape index (κ3) is 6.33. The molecule has 0 fully saturated rings. The highest BCUT2D eigenvalue weighted by Gasteiger charge is 2.52. The minimum atomic E-state index is -0.204. The van der Waals surface area contributed by atoms with Crippen LogP contribution in [0.2, 0.25) is 0 Å². The number of phenolic OH excluding ortho intramolecular Hbond substituents is 1. The van der Waals surface area contributed by atoms with Crippen LogP contribution in [0.1, 0.15) is 141 Å². The largest absolute Gasteiger partial charge is 0.507 e. The standard InChI is InChI=1S/C32H56O2/c1-21(2)15-12-16-22(3)17-13-18-23(4)19-14-20-32(11)31(9,10)27(8)28-26(7)29(33)24(5)25(6)30(28)34-32/h21-23,27,33H,12-20H2,1-11H3/t22-,23+,27?,32-/m0/s1. The van der Waals surface area contributed by atoms with E-state index < -0.39 is 0 Å². The maximum Gasteiger partial charge on any atom is 0.127 e. The van der Waals surface area contributed by atoms with Crippen molar-refractivity contribution in [2.45, 2.75) is 145 Å². The van der Waals surface area contributed by atoms with Gasteiger partial charge in [0.1, 0.15) is 17.1 Å². The Balaban J connectivity index is 1.93. The van der Waals surface area contributed by atoms with Crippen molar-refractivity contribution in [1.29, 1.82) is 0 Å². The summed E-state index contributed by atoms with van der Waals surface area (Å²) >= 11 is 0. The monoisotopic (exact) mass is 472 g/mol. The van der Waals surface area contributed by atoms with Crippen molar-refractivity contribution in [3.05, 3.63) is 22.3 Å². The van der Waals surface area contributed by atoms with Crippen molar-refractivity contribution in [3.8, 4) is 11.5 Å². The van der Waals surface area contributed by atoms with Gasteiger partial charge in [-0.2, -0.15) is 0 Å². The predicted octanol–water partition coefficient (Wildman–Crippen LogP) is 10.0. The lowest BCUT2D eigenvalue weighted by Gasteiger charge is -2.53. The van der Waals surface area contributed by atoms with Gasteiger partial charge in [0, 0.05) is 11.0 Å². The molecule has 0 amide bonds. The SMILES string of the molecule is Cc1c(C)c2c(c(C)c1O)C(C)C(C)(C)[C@](C)(CCC[C@H](C)CCC[C@@H](C)CCCC(C)C)O2. The highest BCUT2D eigenvalue weighted by molar-refractivity contribution is 5.60. The number of aromatic hydroxyl groups is 1. The normalized spacial score (nSPS) is 23.5. The van der Waals surface area contributed by atoms with E-state index in [2.05, 4.69) is 62.3 Å². The maximum absolute atomic E-state index is 10.7. The van der Waals surface area contributed by atoms with Crippen molar-refractivity contribution in [1.82, 2.24) is 0 Å². The van der Waals surface area contributed by atoms with E-state index in [0.29, 0.717) is 11.7 Å². The molecule has 0 aliphatic carbocycles. The van der Waals surface area contributed by atoms with E-state index in [4.69, 9.17) is 4.74 Å². The summed E-state index contributed by atoms with van der Waals surface area (Å²) in [6.45, 7) is 25.1. The first-order valence-electron chi connectivity index (χ1n) is 14.2. The Bertz CT molecular complexity index is 806. The summed E-state index contributed by atoms with van der Waals surface area (Å²) in [6.07, 6.45) is 11.8. The highest BCUT2D eigenvalue weighted by atomic mass is 16.5. The summed E-state index contributed by atoms with van der Waals surface area (Å²) in [6, 6.07) is 0. The van der Waals surface area contributed by atoms with Crippen LogP contribution < -0.4 is 4.74 Å². The number of ether oxygens (including phenoxy) is 1. The van der Waals surface area contributed by atoms with Crippen LogP contribution in [0.5, 0.6) is 11.5 Å². The van der Waals surface area contributed by atoms with Crippen LogP contribution in [0.3, 0.4) is 0 Å². The molecule has 0 aromatic heterocycles. The van der Waals surface area contributed by atoms with E-state index in [1.807, 2.05) is 13.8 Å². The van der Waals surface area contributed by atoms with E-state index in [1.165, 1.54) is 56.9 Å². The molecule has 1 N–H and O–H groups in total. The second kappa shape index (κ2) is 11.7. The predicted molar refractivity (Wildman–Crippen MR) is 148 cm³/mol. The third-order valence-electron chi connectivity index (χ3n) is 9.69. The molecule has 1 aliphatic heterocycles. The van der Waals surface area contributed by atoms with Crippen LogP contribution >= 0.6 is 0 Å². The van der Waals surface area contributed by atoms with Crippen LogP contribution in [0.4, 0.5) is 0 Å². The van der Waals surface area contributed by atoms with Crippen LogP contribution in [0.15, 0.2) is 0 Å². The van der Waals surface area contributed by atoms with Crippen LogP contribution in [0.25, 0.3) is 0 Å². The molecular formula is C32H56O2. The van der Waals surface area contributed by atoms with Crippen molar-refractivity contribution in [2.75, 3.05) is 0 Å². The Hall–Kier alpha value is -1.18. The number of hydrogen-bond acceptors (Lipinski definition) is 2. The molecule has 34 heavy (non-hydrogen) atoms. The number of benzene rings is 1. The Kier molecular flexibility index (Phi) is 10.0. The first-order chi connectivity index (χ1) is 15.7. The Labute approximate surface area is 212 Å². The van der Waals surface area contributed by atoms with Crippen molar-refractivity contribution >= 4 is 0 Å². The maximum atomic E-state index is 10.7. The molecule has 1 heterocycles. The summed E-state index contributed by atoms with van der Waals surface area (Å²) < 4.78 is 6.89. The van der Waals surface area contributed by atoms with Crippen LogP contribution in [-0.2, 0) is 0 Å². The van der Waals surface area contributed by atoms with Gasteiger partial charge < -0.3 is 9.84 Å². The van der Waals surface area contributed by atoms with Gasteiger partial charge in [0.2, 0.25) is 0 Å². The summed E-state index contributed by atoms with van der Waals surface area (Å²) in [7, 11) is 0. The molecule has 0 spiro atoms. The molecule has 2 rings (SSSR count). The summed E-state index contributed by atoms with van der Waals surface area (Å²) in [4.78, 5) is 0. The molecule has 1 unspecified atom stereocenters. The van der Waals surface area contributed by atoms with Gasteiger partial charge in [-0.15, -0.1) is 0 Å². The third-order valence-corrected chi connectivity index (χ3v) is 9.69. The fraction of sp³-hybridized carbons (Fsp3) is 0.812. The Morgan fingerprint density at radius 2 is 1.26 bits per heavy atom. The lowest BCUT2D eigenvalue weighted by atomic mass is 9.61. The average molecular weight is 473 g/mol. The fourth-order valence-corrected chi connectivity index (χ4v) is 6.10. The van der Waals surface area contributed by atoms with Gasteiger partial charge in [0.15, 0.2) is 0 Å². The molecule has 2 nitrogen and oxygen atoms in total. The molecular weight excluding hydrogens is 416 g/mol. The van der Waals surface area contributed by atoms with Gasteiger partial charge in [-0.05, 0) is 80.9 Å². The van der Waals surface area contributed by atoms with Gasteiger partial charge >= 0.3 is 0 Å². The van der Waals surface area contributed by atoms with Crippen LogP contribution in [0, 0.1) is 43.9 Å².